The summed E-state index contributed by atoms with van der Waals surface area (Å²) in [5.41, 5.74) is 1.17. The zero-order chi connectivity index (χ0) is 11.7. The molecule has 0 fully saturated rings. The van der Waals surface area contributed by atoms with E-state index in [-0.39, 0.29) is 11.8 Å². The molecular formula is C12H20O3. The Morgan fingerprint density at radius 1 is 1.20 bits per heavy atom. The van der Waals surface area contributed by atoms with Crippen molar-refractivity contribution >= 4 is 11.8 Å². The number of rotatable bonds is 7. The molecule has 86 valence electrons. The molecule has 0 heterocycles. The van der Waals surface area contributed by atoms with E-state index in [2.05, 4.69) is 4.74 Å². The smallest absolute Gasteiger partial charge is 0.305 e. The summed E-state index contributed by atoms with van der Waals surface area (Å²) >= 11 is 0. The highest BCUT2D eigenvalue weighted by molar-refractivity contribution is 5.78. The SMILES string of the molecule is CCC(=O)CC/C(C)=C/CCC(=O)OC. The number of hydrogen-bond acceptors (Lipinski definition) is 3. The lowest BCUT2D eigenvalue weighted by molar-refractivity contribution is -0.140. The molecule has 0 radical (unpaired) electrons. The zero-order valence-electron chi connectivity index (χ0n) is 9.84. The van der Waals surface area contributed by atoms with E-state index in [0.29, 0.717) is 25.7 Å². The zero-order valence-corrected chi connectivity index (χ0v) is 9.84. The van der Waals surface area contributed by atoms with Crippen molar-refractivity contribution in [3.05, 3.63) is 11.6 Å². The van der Waals surface area contributed by atoms with Gasteiger partial charge >= 0.3 is 5.97 Å². The number of esters is 1. The van der Waals surface area contributed by atoms with Gasteiger partial charge in [0.1, 0.15) is 5.78 Å². The summed E-state index contributed by atoms with van der Waals surface area (Å²) in [6.07, 6.45) is 5.12. The molecule has 0 rings (SSSR count). The molecule has 0 aromatic rings. The summed E-state index contributed by atoms with van der Waals surface area (Å²) in [7, 11) is 1.39. The van der Waals surface area contributed by atoms with Crippen LogP contribution in [0.25, 0.3) is 0 Å². The summed E-state index contributed by atoms with van der Waals surface area (Å²) in [6.45, 7) is 3.86. The van der Waals surface area contributed by atoms with Crippen molar-refractivity contribution in [1.29, 1.82) is 0 Å². The molecule has 0 atom stereocenters. The minimum Gasteiger partial charge on any atom is -0.469 e. The van der Waals surface area contributed by atoms with Crippen LogP contribution in [0, 0.1) is 0 Å². The minimum atomic E-state index is -0.191. The first-order valence-corrected chi connectivity index (χ1v) is 5.34. The van der Waals surface area contributed by atoms with E-state index in [4.69, 9.17) is 0 Å². The van der Waals surface area contributed by atoms with Gasteiger partial charge in [0.05, 0.1) is 7.11 Å². The number of carbonyl (C=O) groups is 2. The van der Waals surface area contributed by atoms with E-state index >= 15 is 0 Å². The highest BCUT2D eigenvalue weighted by atomic mass is 16.5. The molecule has 0 aromatic carbocycles. The van der Waals surface area contributed by atoms with Crippen molar-refractivity contribution in [2.24, 2.45) is 0 Å². The van der Waals surface area contributed by atoms with Crippen LogP contribution < -0.4 is 0 Å². The second-order valence-corrected chi connectivity index (χ2v) is 3.56. The van der Waals surface area contributed by atoms with Gasteiger partial charge in [-0.3, -0.25) is 9.59 Å². The van der Waals surface area contributed by atoms with Crippen molar-refractivity contribution < 1.29 is 14.3 Å². The monoisotopic (exact) mass is 212 g/mol. The Morgan fingerprint density at radius 2 is 1.87 bits per heavy atom. The third-order valence-corrected chi connectivity index (χ3v) is 2.26. The molecule has 0 bridgehead atoms. The van der Waals surface area contributed by atoms with E-state index in [9.17, 15) is 9.59 Å². The lowest BCUT2D eigenvalue weighted by atomic mass is 10.1. The summed E-state index contributed by atoms with van der Waals surface area (Å²) in [4.78, 5) is 21.8. The van der Waals surface area contributed by atoms with E-state index in [1.54, 1.807) is 0 Å². The van der Waals surface area contributed by atoms with Gasteiger partial charge in [-0.2, -0.15) is 0 Å². The Bertz CT molecular complexity index is 241. The van der Waals surface area contributed by atoms with Gasteiger partial charge < -0.3 is 4.74 Å². The van der Waals surface area contributed by atoms with Crippen LogP contribution in [-0.2, 0) is 14.3 Å². The normalized spacial score (nSPS) is 11.3. The highest BCUT2D eigenvalue weighted by Gasteiger charge is 2.00. The van der Waals surface area contributed by atoms with Crippen LogP contribution in [0.5, 0.6) is 0 Å². The molecule has 3 nitrogen and oxygen atoms in total. The van der Waals surface area contributed by atoms with Gasteiger partial charge in [0.25, 0.3) is 0 Å². The van der Waals surface area contributed by atoms with Gasteiger partial charge in [-0.05, 0) is 19.8 Å². The van der Waals surface area contributed by atoms with E-state index in [1.807, 2.05) is 19.9 Å². The van der Waals surface area contributed by atoms with Crippen LogP contribution in [0.1, 0.15) is 46.0 Å². The lowest BCUT2D eigenvalue weighted by Gasteiger charge is -2.00. The maximum atomic E-state index is 11.0. The number of allylic oxidation sites excluding steroid dienone is 2. The molecule has 15 heavy (non-hydrogen) atoms. The minimum absolute atomic E-state index is 0.191. The number of ether oxygens (including phenoxy) is 1. The van der Waals surface area contributed by atoms with E-state index < -0.39 is 0 Å². The largest absolute Gasteiger partial charge is 0.469 e. The molecule has 0 aliphatic heterocycles. The average molecular weight is 212 g/mol. The number of methoxy groups -OCH3 is 1. The van der Waals surface area contributed by atoms with Crippen molar-refractivity contribution in [2.45, 2.75) is 46.0 Å². The third kappa shape index (κ3) is 7.91. The fraction of sp³-hybridized carbons (Fsp3) is 0.667. The molecule has 3 heteroatoms. The Balaban J connectivity index is 3.70. The summed E-state index contributed by atoms with van der Waals surface area (Å²) in [5.74, 6) is 0.0967. The molecule has 0 aliphatic carbocycles. The average Bonchev–Trinajstić information content (AvgIpc) is 2.25. The Labute approximate surface area is 91.5 Å². The maximum absolute atomic E-state index is 11.0. The Morgan fingerprint density at radius 3 is 2.40 bits per heavy atom. The van der Waals surface area contributed by atoms with Crippen LogP contribution >= 0.6 is 0 Å². The van der Waals surface area contributed by atoms with Crippen LogP contribution in [0.15, 0.2) is 11.6 Å². The summed E-state index contributed by atoms with van der Waals surface area (Å²) in [6, 6.07) is 0. The van der Waals surface area contributed by atoms with Gasteiger partial charge in [-0.15, -0.1) is 0 Å². The molecular weight excluding hydrogens is 192 g/mol. The standard InChI is InChI=1S/C12H20O3/c1-4-11(13)9-8-10(2)6-5-7-12(14)15-3/h6H,4-5,7-9H2,1-3H3/b10-6+. The number of hydrogen-bond donors (Lipinski definition) is 0. The van der Waals surface area contributed by atoms with Gasteiger partial charge in [-0.1, -0.05) is 18.6 Å². The topological polar surface area (TPSA) is 43.4 Å². The maximum Gasteiger partial charge on any atom is 0.305 e. The molecule has 0 aromatic heterocycles. The first-order valence-electron chi connectivity index (χ1n) is 5.34. The number of ketones is 1. The Kier molecular flexibility index (Phi) is 7.60. The van der Waals surface area contributed by atoms with Crippen molar-refractivity contribution in [3.8, 4) is 0 Å². The second kappa shape index (κ2) is 8.21. The molecule has 0 spiro atoms. The molecule has 0 unspecified atom stereocenters. The predicted octanol–water partition coefficient (Wildman–Crippen LogP) is 2.65. The van der Waals surface area contributed by atoms with Crippen molar-refractivity contribution in [2.75, 3.05) is 7.11 Å². The van der Waals surface area contributed by atoms with Crippen molar-refractivity contribution in [3.63, 3.8) is 0 Å². The van der Waals surface area contributed by atoms with Crippen LogP contribution in [0.4, 0.5) is 0 Å². The number of carbonyl (C=O) groups excluding carboxylic acids is 2. The lowest BCUT2D eigenvalue weighted by Crippen LogP contribution is -1.98. The quantitative estimate of drug-likeness (QED) is 0.481. The molecule has 0 saturated heterocycles. The van der Waals surface area contributed by atoms with Crippen LogP contribution in [-0.4, -0.2) is 18.9 Å². The number of Topliss-reactive ketones (excluding diaryl/α,β-unsaturated/α-hetero) is 1. The molecule has 0 saturated carbocycles. The molecule has 0 amide bonds. The van der Waals surface area contributed by atoms with Crippen LogP contribution in [0.2, 0.25) is 0 Å². The van der Waals surface area contributed by atoms with Gasteiger partial charge in [-0.25, -0.2) is 0 Å². The first kappa shape index (κ1) is 13.9. The summed E-state index contributed by atoms with van der Waals surface area (Å²) < 4.78 is 4.53. The van der Waals surface area contributed by atoms with E-state index in [1.165, 1.54) is 12.7 Å². The van der Waals surface area contributed by atoms with Gasteiger partial charge in [0, 0.05) is 19.3 Å². The van der Waals surface area contributed by atoms with Gasteiger partial charge in [0.15, 0.2) is 0 Å². The third-order valence-electron chi connectivity index (χ3n) is 2.26. The van der Waals surface area contributed by atoms with Crippen LogP contribution in [0.3, 0.4) is 0 Å². The van der Waals surface area contributed by atoms with Crippen molar-refractivity contribution in [1.82, 2.24) is 0 Å². The van der Waals surface area contributed by atoms with Gasteiger partial charge in [0.2, 0.25) is 0 Å². The second-order valence-electron chi connectivity index (χ2n) is 3.56. The highest BCUT2D eigenvalue weighted by Crippen LogP contribution is 2.08. The first-order chi connectivity index (χ1) is 7.10. The molecule has 0 aliphatic rings. The fourth-order valence-corrected chi connectivity index (χ4v) is 1.15. The molecule has 0 N–H and O–H groups in total. The Hall–Kier alpha value is -1.12. The van der Waals surface area contributed by atoms with E-state index in [0.717, 1.165) is 6.42 Å². The predicted molar refractivity (Wildman–Crippen MR) is 59.5 cm³/mol. The summed E-state index contributed by atoms with van der Waals surface area (Å²) in [5, 5.41) is 0. The fourth-order valence-electron chi connectivity index (χ4n) is 1.15.